The fourth-order valence-corrected chi connectivity index (χ4v) is 3.32. The first-order valence-electron chi connectivity index (χ1n) is 7.11. The maximum absolute atomic E-state index is 12.6. The van der Waals surface area contributed by atoms with Crippen LogP contribution in [-0.2, 0) is 9.59 Å². The highest BCUT2D eigenvalue weighted by Crippen LogP contribution is 2.40. The smallest absolute Gasteiger partial charge is 0.236 e. The van der Waals surface area contributed by atoms with Crippen LogP contribution in [0.1, 0.15) is 46.5 Å². The number of nitrogens with one attached hydrogen (secondary N) is 1. The molecule has 0 aromatic heterocycles. The summed E-state index contributed by atoms with van der Waals surface area (Å²) in [5.41, 5.74) is -0.419. The van der Waals surface area contributed by atoms with Gasteiger partial charge in [0.15, 0.2) is 0 Å². The molecule has 0 bridgehead atoms. The van der Waals surface area contributed by atoms with Crippen LogP contribution in [0.15, 0.2) is 0 Å². The molecule has 2 unspecified atom stereocenters. The number of hydrogen-bond acceptors (Lipinski definition) is 3. The number of likely N-dealkylation sites (tertiary alicyclic amines) is 1. The predicted octanol–water partition coefficient (Wildman–Crippen LogP) is 1.55. The van der Waals surface area contributed by atoms with E-state index in [9.17, 15) is 9.59 Å². The molecule has 4 heteroatoms. The summed E-state index contributed by atoms with van der Waals surface area (Å²) in [5, 5.41) is 3.32. The summed E-state index contributed by atoms with van der Waals surface area (Å²) < 4.78 is 0. The van der Waals surface area contributed by atoms with E-state index in [1.807, 2.05) is 13.8 Å². The zero-order valence-electron chi connectivity index (χ0n) is 11.7. The van der Waals surface area contributed by atoms with Crippen molar-refractivity contribution < 1.29 is 9.59 Å². The van der Waals surface area contributed by atoms with Gasteiger partial charge in [-0.1, -0.05) is 20.8 Å². The molecule has 1 N–H and O–H groups in total. The third-order valence-corrected chi connectivity index (χ3v) is 4.70. The maximum atomic E-state index is 12.6. The Labute approximate surface area is 109 Å². The van der Waals surface area contributed by atoms with Gasteiger partial charge in [-0.2, -0.15) is 0 Å². The number of nitrogens with zero attached hydrogens (tertiary/aromatic N) is 1. The standard InChI is InChI=1S/C14H24N2O2/c1-4-14(5-2)7-12(17)16(13(14)18)11-6-10(3)8-15-9-11/h10-11,15H,4-9H2,1-3H3. The van der Waals surface area contributed by atoms with Crippen molar-refractivity contribution in [2.24, 2.45) is 11.3 Å². The van der Waals surface area contributed by atoms with Gasteiger partial charge in [0, 0.05) is 13.0 Å². The minimum Gasteiger partial charge on any atom is -0.314 e. The van der Waals surface area contributed by atoms with E-state index in [2.05, 4.69) is 12.2 Å². The average Bonchev–Trinajstić information content (AvgIpc) is 2.61. The Bertz CT molecular complexity index is 350. The number of rotatable bonds is 3. The van der Waals surface area contributed by atoms with Crippen molar-refractivity contribution in [1.29, 1.82) is 0 Å². The third-order valence-electron chi connectivity index (χ3n) is 4.70. The molecule has 2 fully saturated rings. The second-order valence-electron chi connectivity index (χ2n) is 5.89. The first-order chi connectivity index (χ1) is 8.54. The molecule has 18 heavy (non-hydrogen) atoms. The number of hydrogen-bond donors (Lipinski definition) is 1. The molecule has 2 saturated heterocycles. The molecule has 0 radical (unpaired) electrons. The lowest BCUT2D eigenvalue weighted by atomic mass is 9.81. The van der Waals surface area contributed by atoms with Gasteiger partial charge in [0.05, 0.1) is 11.5 Å². The number of carbonyl (C=O) groups excluding carboxylic acids is 2. The van der Waals surface area contributed by atoms with Crippen molar-refractivity contribution in [2.75, 3.05) is 13.1 Å². The van der Waals surface area contributed by atoms with Crippen LogP contribution in [0, 0.1) is 11.3 Å². The molecule has 0 aromatic rings. The number of carbonyl (C=O) groups is 2. The SMILES string of the molecule is CCC1(CC)CC(=O)N(C2CNCC(C)C2)C1=O. The van der Waals surface area contributed by atoms with Gasteiger partial charge in [-0.15, -0.1) is 0 Å². The molecular formula is C14H24N2O2. The highest BCUT2D eigenvalue weighted by atomic mass is 16.2. The second kappa shape index (κ2) is 5.00. The highest BCUT2D eigenvalue weighted by molar-refractivity contribution is 6.06. The summed E-state index contributed by atoms with van der Waals surface area (Å²) in [6.07, 6.45) is 2.87. The zero-order chi connectivity index (χ0) is 13.3. The summed E-state index contributed by atoms with van der Waals surface area (Å²) in [6, 6.07) is 0.0636. The first kappa shape index (κ1) is 13.5. The Hall–Kier alpha value is -0.900. The summed E-state index contributed by atoms with van der Waals surface area (Å²) in [7, 11) is 0. The molecule has 2 rings (SSSR count). The molecule has 2 amide bonds. The van der Waals surface area contributed by atoms with Crippen LogP contribution in [-0.4, -0.2) is 35.8 Å². The van der Waals surface area contributed by atoms with Gasteiger partial charge in [0.1, 0.15) is 0 Å². The van der Waals surface area contributed by atoms with Gasteiger partial charge in [0.2, 0.25) is 11.8 Å². The molecular weight excluding hydrogens is 228 g/mol. The van der Waals surface area contributed by atoms with Crippen molar-refractivity contribution in [3.63, 3.8) is 0 Å². The van der Waals surface area contributed by atoms with Gasteiger partial charge in [0.25, 0.3) is 0 Å². The largest absolute Gasteiger partial charge is 0.314 e. The van der Waals surface area contributed by atoms with Gasteiger partial charge in [-0.25, -0.2) is 0 Å². The van der Waals surface area contributed by atoms with Gasteiger partial charge in [-0.05, 0) is 31.7 Å². The molecule has 4 nitrogen and oxygen atoms in total. The summed E-state index contributed by atoms with van der Waals surface area (Å²) >= 11 is 0. The topological polar surface area (TPSA) is 49.4 Å². The summed E-state index contributed by atoms with van der Waals surface area (Å²) in [5.74, 6) is 0.630. The Morgan fingerprint density at radius 3 is 2.44 bits per heavy atom. The van der Waals surface area contributed by atoms with Crippen LogP contribution in [0.25, 0.3) is 0 Å². The Kier molecular flexibility index (Phi) is 3.76. The van der Waals surface area contributed by atoms with Gasteiger partial charge >= 0.3 is 0 Å². The minimum absolute atomic E-state index is 0.0320. The molecule has 0 aliphatic carbocycles. The van der Waals surface area contributed by atoms with E-state index in [4.69, 9.17) is 0 Å². The van der Waals surface area contributed by atoms with Gasteiger partial charge in [-0.3, -0.25) is 14.5 Å². The molecule has 0 spiro atoms. The molecule has 2 atom stereocenters. The molecule has 0 saturated carbocycles. The Morgan fingerprint density at radius 1 is 1.28 bits per heavy atom. The van der Waals surface area contributed by atoms with E-state index < -0.39 is 5.41 Å². The highest BCUT2D eigenvalue weighted by Gasteiger charge is 2.51. The molecule has 2 aliphatic heterocycles. The molecule has 102 valence electrons. The maximum Gasteiger partial charge on any atom is 0.236 e. The average molecular weight is 252 g/mol. The lowest BCUT2D eigenvalue weighted by Gasteiger charge is -2.34. The quantitative estimate of drug-likeness (QED) is 0.775. The van der Waals surface area contributed by atoms with Crippen molar-refractivity contribution in [2.45, 2.75) is 52.5 Å². The van der Waals surface area contributed by atoms with Crippen LogP contribution in [0.3, 0.4) is 0 Å². The van der Waals surface area contributed by atoms with E-state index in [1.165, 1.54) is 0 Å². The van der Waals surface area contributed by atoms with E-state index in [0.29, 0.717) is 12.3 Å². The number of amides is 2. The second-order valence-corrected chi connectivity index (χ2v) is 5.89. The van der Waals surface area contributed by atoms with E-state index in [1.54, 1.807) is 4.90 Å². The Balaban J connectivity index is 2.18. The van der Waals surface area contributed by atoms with Crippen LogP contribution in [0.5, 0.6) is 0 Å². The minimum atomic E-state index is -0.419. The lowest BCUT2D eigenvalue weighted by Crippen LogP contribution is -2.51. The fraction of sp³-hybridized carbons (Fsp3) is 0.857. The van der Waals surface area contributed by atoms with E-state index >= 15 is 0 Å². The van der Waals surface area contributed by atoms with E-state index in [-0.39, 0.29) is 17.9 Å². The molecule has 0 aromatic carbocycles. The van der Waals surface area contributed by atoms with Crippen LogP contribution >= 0.6 is 0 Å². The van der Waals surface area contributed by atoms with Crippen molar-refractivity contribution in [3.05, 3.63) is 0 Å². The predicted molar refractivity (Wildman–Crippen MR) is 69.9 cm³/mol. The summed E-state index contributed by atoms with van der Waals surface area (Å²) in [4.78, 5) is 26.3. The monoisotopic (exact) mass is 252 g/mol. The van der Waals surface area contributed by atoms with Crippen molar-refractivity contribution >= 4 is 11.8 Å². The molecule has 2 aliphatic rings. The normalized spacial score (nSPS) is 32.1. The van der Waals surface area contributed by atoms with Crippen molar-refractivity contribution in [1.82, 2.24) is 10.2 Å². The Morgan fingerprint density at radius 2 is 1.94 bits per heavy atom. The third kappa shape index (κ3) is 2.07. The van der Waals surface area contributed by atoms with Crippen molar-refractivity contribution in [3.8, 4) is 0 Å². The summed E-state index contributed by atoms with van der Waals surface area (Å²) in [6.45, 7) is 7.93. The number of piperidine rings is 1. The molecule has 2 heterocycles. The van der Waals surface area contributed by atoms with Gasteiger partial charge < -0.3 is 5.32 Å². The fourth-order valence-electron chi connectivity index (χ4n) is 3.32. The number of imide groups is 1. The zero-order valence-corrected chi connectivity index (χ0v) is 11.7. The van der Waals surface area contributed by atoms with Crippen LogP contribution in [0.4, 0.5) is 0 Å². The van der Waals surface area contributed by atoms with Crippen LogP contribution < -0.4 is 5.32 Å². The van der Waals surface area contributed by atoms with Crippen LogP contribution in [0.2, 0.25) is 0 Å². The lowest BCUT2D eigenvalue weighted by molar-refractivity contribution is -0.145. The van der Waals surface area contributed by atoms with E-state index in [0.717, 1.165) is 32.4 Å². The first-order valence-corrected chi connectivity index (χ1v) is 7.11.